The molecule has 190 valence electrons. The molecule has 1 unspecified atom stereocenters. The number of halogens is 2. The maximum absolute atomic E-state index is 14.3. The molecular weight excluding hydrogens is 501 g/mol. The third-order valence-corrected chi connectivity index (χ3v) is 6.74. The number of hydrogen-bond donors (Lipinski definition) is 1. The van der Waals surface area contributed by atoms with Gasteiger partial charge < -0.3 is 18.7 Å². The van der Waals surface area contributed by atoms with E-state index in [9.17, 15) is 23.2 Å². The highest BCUT2D eigenvalue weighted by Gasteiger charge is 2.38. The van der Waals surface area contributed by atoms with E-state index in [1.165, 1.54) is 42.5 Å². The van der Waals surface area contributed by atoms with Gasteiger partial charge in [-0.2, -0.15) is 4.57 Å². The zero-order valence-electron chi connectivity index (χ0n) is 19.7. The monoisotopic (exact) mass is 524 g/mol. The number of benzene rings is 4. The second-order valence-corrected chi connectivity index (χ2v) is 9.67. The van der Waals surface area contributed by atoms with Crippen molar-refractivity contribution >= 4 is 13.8 Å². The Morgan fingerprint density at radius 2 is 1.32 bits per heavy atom. The summed E-state index contributed by atoms with van der Waals surface area (Å²) in [5.74, 6) is -3.71. The van der Waals surface area contributed by atoms with E-state index in [1.54, 1.807) is 42.5 Å². The maximum atomic E-state index is 14.3. The van der Waals surface area contributed by atoms with Crippen molar-refractivity contribution in [2.24, 2.45) is 0 Å². The van der Waals surface area contributed by atoms with Crippen molar-refractivity contribution in [1.82, 2.24) is 0 Å². The van der Waals surface area contributed by atoms with Crippen molar-refractivity contribution < 1.29 is 36.8 Å². The van der Waals surface area contributed by atoms with E-state index in [-0.39, 0.29) is 17.2 Å². The van der Waals surface area contributed by atoms with Gasteiger partial charge in [0.1, 0.15) is 5.75 Å². The van der Waals surface area contributed by atoms with Crippen LogP contribution in [0.4, 0.5) is 8.78 Å². The number of phosphoric acid groups is 1. The second kappa shape index (κ2) is 11.3. The SMILES string of the molecule is CC(Cc1ccccc1C(=O)OP(=O)(Oc1ccccc1F)Oc1ccccc1F)c1ccc(O)cc1. The van der Waals surface area contributed by atoms with E-state index in [0.717, 1.165) is 17.7 Å². The van der Waals surface area contributed by atoms with Gasteiger partial charge in [-0.25, -0.2) is 13.6 Å². The summed E-state index contributed by atoms with van der Waals surface area (Å²) >= 11 is 0. The number of para-hydroxylation sites is 2. The topological polar surface area (TPSA) is 82.1 Å². The Morgan fingerprint density at radius 3 is 1.89 bits per heavy atom. The third kappa shape index (κ3) is 6.54. The van der Waals surface area contributed by atoms with E-state index in [1.807, 2.05) is 6.92 Å². The van der Waals surface area contributed by atoms with Gasteiger partial charge in [0.25, 0.3) is 0 Å². The van der Waals surface area contributed by atoms with Crippen LogP contribution in [0.1, 0.15) is 34.3 Å². The lowest BCUT2D eigenvalue weighted by atomic mass is 9.91. The summed E-state index contributed by atoms with van der Waals surface area (Å²) in [7, 11) is -4.91. The fraction of sp³-hybridized carbons (Fsp3) is 0.107. The van der Waals surface area contributed by atoms with Gasteiger partial charge in [0.2, 0.25) is 0 Å². The Hall–Kier alpha value is -4.16. The van der Waals surface area contributed by atoms with Crippen molar-refractivity contribution in [3.8, 4) is 17.2 Å². The first-order valence-corrected chi connectivity index (χ1v) is 12.8. The van der Waals surface area contributed by atoms with Gasteiger partial charge in [-0.1, -0.05) is 61.5 Å². The number of phenolic OH excluding ortho intramolecular Hbond substituents is 1. The Bertz CT molecular complexity index is 1390. The summed E-state index contributed by atoms with van der Waals surface area (Å²) in [6, 6.07) is 23.3. The molecule has 0 bridgehead atoms. The van der Waals surface area contributed by atoms with Crippen LogP contribution in [0.15, 0.2) is 97.1 Å². The molecule has 0 heterocycles. The van der Waals surface area contributed by atoms with Crippen LogP contribution in [0.3, 0.4) is 0 Å². The predicted octanol–water partition coefficient (Wildman–Crippen LogP) is 7.44. The highest BCUT2D eigenvalue weighted by atomic mass is 31.2. The van der Waals surface area contributed by atoms with E-state index in [4.69, 9.17) is 13.6 Å². The summed E-state index contributed by atoms with van der Waals surface area (Å²) in [6.45, 7) is 1.95. The third-order valence-electron chi connectivity index (χ3n) is 5.51. The first-order valence-electron chi connectivity index (χ1n) is 11.3. The van der Waals surface area contributed by atoms with Gasteiger partial charge >= 0.3 is 13.8 Å². The van der Waals surface area contributed by atoms with Crippen LogP contribution in [0.25, 0.3) is 0 Å². The van der Waals surface area contributed by atoms with Crippen LogP contribution in [0, 0.1) is 11.6 Å². The van der Waals surface area contributed by atoms with Crippen molar-refractivity contribution in [3.63, 3.8) is 0 Å². The largest absolute Gasteiger partial charge is 0.649 e. The predicted molar refractivity (Wildman–Crippen MR) is 134 cm³/mol. The quantitative estimate of drug-likeness (QED) is 0.229. The summed E-state index contributed by atoms with van der Waals surface area (Å²) in [6.07, 6.45) is 0.405. The van der Waals surface area contributed by atoms with E-state index < -0.39 is 36.9 Å². The van der Waals surface area contributed by atoms with E-state index in [2.05, 4.69) is 0 Å². The van der Waals surface area contributed by atoms with Crippen LogP contribution in [0.5, 0.6) is 17.2 Å². The molecule has 1 atom stereocenters. The Labute approximate surface area is 212 Å². The van der Waals surface area contributed by atoms with Crippen molar-refractivity contribution in [2.75, 3.05) is 0 Å². The average Bonchev–Trinajstić information content (AvgIpc) is 2.87. The number of carbonyl (C=O) groups excluding carboxylic acids is 1. The van der Waals surface area contributed by atoms with Crippen LogP contribution in [-0.2, 0) is 15.5 Å². The van der Waals surface area contributed by atoms with Crippen molar-refractivity contribution in [2.45, 2.75) is 19.3 Å². The molecule has 4 aromatic carbocycles. The van der Waals surface area contributed by atoms with Crippen molar-refractivity contribution in [3.05, 3.63) is 125 Å². The summed E-state index contributed by atoms with van der Waals surface area (Å²) in [5, 5.41) is 9.54. The molecule has 6 nitrogen and oxygen atoms in total. The first-order chi connectivity index (χ1) is 17.7. The number of rotatable bonds is 9. The van der Waals surface area contributed by atoms with Crippen LogP contribution in [0.2, 0.25) is 0 Å². The van der Waals surface area contributed by atoms with Crippen LogP contribution < -0.4 is 9.05 Å². The minimum Gasteiger partial charge on any atom is -0.508 e. The van der Waals surface area contributed by atoms with Crippen LogP contribution in [-0.4, -0.2) is 11.1 Å². The average molecular weight is 524 g/mol. The number of phenols is 1. The lowest BCUT2D eigenvalue weighted by molar-refractivity contribution is 0.0685. The molecule has 0 amide bonds. The molecule has 0 saturated carbocycles. The molecule has 37 heavy (non-hydrogen) atoms. The molecule has 0 aliphatic carbocycles. The zero-order valence-corrected chi connectivity index (χ0v) is 20.6. The van der Waals surface area contributed by atoms with Gasteiger partial charge in [0.15, 0.2) is 23.1 Å². The fourth-order valence-corrected chi connectivity index (χ4v) is 4.82. The molecule has 0 fully saturated rings. The molecular formula is C28H23F2O6P. The molecule has 4 aromatic rings. The minimum atomic E-state index is -4.91. The van der Waals surface area contributed by atoms with Gasteiger partial charge in [-0.05, 0) is 65.9 Å². The Balaban J connectivity index is 1.62. The lowest BCUT2D eigenvalue weighted by Gasteiger charge is -2.20. The normalized spacial score (nSPS) is 12.0. The van der Waals surface area contributed by atoms with Crippen molar-refractivity contribution in [1.29, 1.82) is 0 Å². The second-order valence-electron chi connectivity index (χ2n) is 8.22. The van der Waals surface area contributed by atoms with Gasteiger partial charge in [-0.3, -0.25) is 0 Å². The molecule has 9 heteroatoms. The minimum absolute atomic E-state index is 0.0503. The van der Waals surface area contributed by atoms with E-state index in [0.29, 0.717) is 12.0 Å². The zero-order chi connectivity index (χ0) is 26.4. The highest BCUT2D eigenvalue weighted by Crippen LogP contribution is 2.51. The van der Waals surface area contributed by atoms with Gasteiger partial charge in [-0.15, -0.1) is 0 Å². The van der Waals surface area contributed by atoms with Gasteiger partial charge in [0, 0.05) is 0 Å². The molecule has 0 aliphatic heterocycles. The first kappa shape index (κ1) is 25.9. The number of aromatic hydroxyl groups is 1. The standard InChI is InChI=1S/C28H23F2O6P/c1-19(20-14-16-22(31)17-15-20)18-21-8-2-3-9-23(21)28(32)36-37(33,34-26-12-6-4-10-24(26)29)35-27-13-7-5-11-25(27)30/h2-17,19,31H,18H2,1H3. The molecule has 0 spiro atoms. The number of phosphoric ester groups is 1. The molecule has 4 rings (SSSR count). The van der Waals surface area contributed by atoms with Crippen LogP contribution >= 0.6 is 7.82 Å². The Morgan fingerprint density at radius 1 is 0.811 bits per heavy atom. The summed E-state index contributed by atoms with van der Waals surface area (Å²) in [5.41, 5.74) is 1.59. The Kier molecular flexibility index (Phi) is 7.89. The smallest absolute Gasteiger partial charge is 0.508 e. The van der Waals surface area contributed by atoms with E-state index >= 15 is 0 Å². The molecule has 0 radical (unpaired) electrons. The molecule has 0 aliphatic rings. The molecule has 0 aromatic heterocycles. The molecule has 1 N–H and O–H groups in total. The molecule has 0 saturated heterocycles. The highest BCUT2D eigenvalue weighted by molar-refractivity contribution is 7.50. The summed E-state index contributed by atoms with van der Waals surface area (Å²) in [4.78, 5) is 13.2. The fourth-order valence-electron chi connectivity index (χ4n) is 3.63. The lowest BCUT2D eigenvalue weighted by Crippen LogP contribution is -2.14. The summed E-state index contributed by atoms with van der Waals surface area (Å²) < 4.78 is 57.7. The number of carbonyl (C=O) groups is 1. The maximum Gasteiger partial charge on any atom is 0.649 e. The van der Waals surface area contributed by atoms with Gasteiger partial charge in [0.05, 0.1) is 5.56 Å². The number of hydrogen-bond acceptors (Lipinski definition) is 6.